The predicted octanol–water partition coefficient (Wildman–Crippen LogP) is 1.54. The van der Waals surface area contributed by atoms with E-state index in [4.69, 9.17) is 4.52 Å². The Bertz CT molecular complexity index is 365. The molecule has 2 N–H and O–H groups in total. The lowest BCUT2D eigenvalue weighted by atomic mass is 9.64. The van der Waals surface area contributed by atoms with Crippen LogP contribution < -0.4 is 5.32 Å². The molecule has 2 unspecified atom stereocenters. The van der Waals surface area contributed by atoms with Crippen molar-refractivity contribution in [2.75, 3.05) is 0 Å². The van der Waals surface area contributed by atoms with E-state index in [1.807, 2.05) is 13.8 Å². The van der Waals surface area contributed by atoms with E-state index in [0.29, 0.717) is 6.04 Å². The van der Waals surface area contributed by atoms with Gasteiger partial charge in [0.15, 0.2) is 0 Å². The molecule has 4 nitrogen and oxygen atoms in total. The molecule has 0 spiro atoms. The summed E-state index contributed by atoms with van der Waals surface area (Å²) in [6, 6.07) is 0.371. The van der Waals surface area contributed by atoms with Gasteiger partial charge in [0.2, 0.25) is 0 Å². The molecule has 90 valence electrons. The van der Waals surface area contributed by atoms with Crippen molar-refractivity contribution in [1.82, 2.24) is 10.5 Å². The van der Waals surface area contributed by atoms with Gasteiger partial charge in [-0.3, -0.25) is 0 Å². The van der Waals surface area contributed by atoms with E-state index in [1.165, 1.54) is 0 Å². The molecule has 1 saturated carbocycles. The summed E-state index contributed by atoms with van der Waals surface area (Å²) in [6.07, 6.45) is 0.644. The highest BCUT2D eigenvalue weighted by Gasteiger charge is 2.46. The topological polar surface area (TPSA) is 58.3 Å². The zero-order valence-corrected chi connectivity index (χ0v) is 10.4. The monoisotopic (exact) mass is 224 g/mol. The summed E-state index contributed by atoms with van der Waals surface area (Å²) in [5.74, 6) is 0.877. The minimum Gasteiger partial charge on any atom is -0.392 e. The average Bonchev–Trinajstić information content (AvgIpc) is 2.54. The van der Waals surface area contributed by atoms with Crippen molar-refractivity contribution in [2.45, 2.75) is 52.8 Å². The van der Waals surface area contributed by atoms with Crippen molar-refractivity contribution in [3.8, 4) is 0 Å². The van der Waals surface area contributed by atoms with Crippen LogP contribution in [0.15, 0.2) is 4.52 Å². The molecule has 1 aliphatic rings. The fourth-order valence-electron chi connectivity index (χ4n) is 2.23. The zero-order chi connectivity index (χ0) is 11.9. The molecule has 16 heavy (non-hydrogen) atoms. The number of aryl methyl sites for hydroxylation is 2. The molecule has 0 amide bonds. The van der Waals surface area contributed by atoms with E-state index in [-0.39, 0.29) is 11.5 Å². The summed E-state index contributed by atoms with van der Waals surface area (Å²) in [5.41, 5.74) is 2.05. The van der Waals surface area contributed by atoms with Gasteiger partial charge >= 0.3 is 0 Å². The first kappa shape index (κ1) is 11.6. The van der Waals surface area contributed by atoms with E-state index in [2.05, 4.69) is 24.3 Å². The minimum atomic E-state index is -0.185. The molecule has 0 radical (unpaired) electrons. The summed E-state index contributed by atoms with van der Waals surface area (Å²) >= 11 is 0. The Morgan fingerprint density at radius 2 is 2.19 bits per heavy atom. The van der Waals surface area contributed by atoms with Crippen molar-refractivity contribution in [3.05, 3.63) is 17.0 Å². The Morgan fingerprint density at radius 3 is 2.62 bits per heavy atom. The number of rotatable bonds is 3. The van der Waals surface area contributed by atoms with Crippen LogP contribution in [-0.2, 0) is 6.54 Å². The lowest BCUT2D eigenvalue weighted by Gasteiger charge is -2.49. The third kappa shape index (κ3) is 1.76. The van der Waals surface area contributed by atoms with Crippen LogP contribution in [0.3, 0.4) is 0 Å². The maximum Gasteiger partial charge on any atom is 0.138 e. The highest BCUT2D eigenvalue weighted by atomic mass is 16.5. The average molecular weight is 224 g/mol. The molecule has 1 fully saturated rings. The first-order valence-corrected chi connectivity index (χ1v) is 5.76. The van der Waals surface area contributed by atoms with Gasteiger partial charge in [0.25, 0.3) is 0 Å². The summed E-state index contributed by atoms with van der Waals surface area (Å²) in [4.78, 5) is 0. The molecule has 1 aromatic rings. The van der Waals surface area contributed by atoms with Crippen molar-refractivity contribution < 1.29 is 9.63 Å². The second-order valence-corrected chi connectivity index (χ2v) is 5.31. The fourth-order valence-corrected chi connectivity index (χ4v) is 2.23. The van der Waals surface area contributed by atoms with Crippen molar-refractivity contribution in [3.63, 3.8) is 0 Å². The quantitative estimate of drug-likeness (QED) is 0.817. The van der Waals surface area contributed by atoms with Crippen LogP contribution in [-0.4, -0.2) is 22.4 Å². The van der Waals surface area contributed by atoms with Gasteiger partial charge in [-0.25, -0.2) is 0 Å². The molecule has 2 rings (SSSR count). The summed E-state index contributed by atoms with van der Waals surface area (Å²) < 4.78 is 5.11. The van der Waals surface area contributed by atoms with Crippen LogP contribution in [0.5, 0.6) is 0 Å². The largest absolute Gasteiger partial charge is 0.392 e. The minimum absolute atomic E-state index is 0.0288. The van der Waals surface area contributed by atoms with Crippen molar-refractivity contribution in [1.29, 1.82) is 0 Å². The molecular formula is C12H20N2O2. The van der Waals surface area contributed by atoms with Crippen LogP contribution >= 0.6 is 0 Å². The zero-order valence-electron chi connectivity index (χ0n) is 10.4. The third-order valence-corrected chi connectivity index (χ3v) is 3.92. The molecule has 0 saturated heterocycles. The predicted molar refractivity (Wildman–Crippen MR) is 61.0 cm³/mol. The first-order chi connectivity index (χ1) is 7.43. The smallest absolute Gasteiger partial charge is 0.138 e. The van der Waals surface area contributed by atoms with Gasteiger partial charge in [-0.2, -0.15) is 0 Å². The van der Waals surface area contributed by atoms with E-state index < -0.39 is 0 Å². The van der Waals surface area contributed by atoms with Gasteiger partial charge < -0.3 is 14.9 Å². The maximum atomic E-state index is 9.64. The molecule has 1 aromatic heterocycles. The van der Waals surface area contributed by atoms with Gasteiger partial charge in [0.05, 0.1) is 11.8 Å². The SMILES string of the molecule is Cc1noc(C)c1CNC1CC(O)C1(C)C. The number of aromatic nitrogens is 1. The second-order valence-electron chi connectivity index (χ2n) is 5.31. The van der Waals surface area contributed by atoms with Crippen molar-refractivity contribution in [2.24, 2.45) is 5.41 Å². The number of hydrogen-bond acceptors (Lipinski definition) is 4. The van der Waals surface area contributed by atoms with Crippen LogP contribution in [0.25, 0.3) is 0 Å². The Hall–Kier alpha value is -0.870. The fraction of sp³-hybridized carbons (Fsp3) is 0.750. The highest BCUT2D eigenvalue weighted by molar-refractivity contribution is 5.20. The lowest BCUT2D eigenvalue weighted by Crippen LogP contribution is -2.59. The maximum absolute atomic E-state index is 9.64. The highest BCUT2D eigenvalue weighted by Crippen LogP contribution is 2.40. The molecule has 4 heteroatoms. The molecule has 1 heterocycles. The van der Waals surface area contributed by atoms with Crippen LogP contribution in [0.2, 0.25) is 0 Å². The first-order valence-electron chi connectivity index (χ1n) is 5.76. The number of aliphatic hydroxyl groups is 1. The van der Waals surface area contributed by atoms with Crippen LogP contribution in [0.1, 0.15) is 37.3 Å². The number of nitrogens with zero attached hydrogens (tertiary/aromatic N) is 1. The van der Waals surface area contributed by atoms with E-state index in [1.54, 1.807) is 0 Å². The van der Waals surface area contributed by atoms with Crippen molar-refractivity contribution >= 4 is 0 Å². The van der Waals surface area contributed by atoms with Gasteiger partial charge in [0.1, 0.15) is 5.76 Å². The Balaban J connectivity index is 1.94. The van der Waals surface area contributed by atoms with Gasteiger partial charge in [-0.1, -0.05) is 19.0 Å². The van der Waals surface area contributed by atoms with Crippen LogP contribution in [0, 0.1) is 19.3 Å². The summed E-state index contributed by atoms with van der Waals surface area (Å²) in [7, 11) is 0. The van der Waals surface area contributed by atoms with Gasteiger partial charge in [-0.15, -0.1) is 0 Å². The number of hydrogen-bond donors (Lipinski definition) is 2. The molecule has 0 bridgehead atoms. The molecule has 1 aliphatic carbocycles. The van der Waals surface area contributed by atoms with Crippen LogP contribution in [0.4, 0.5) is 0 Å². The standard InChI is InChI=1S/C12H20N2O2/c1-7-9(8(2)16-14-7)6-13-10-5-11(15)12(10,3)4/h10-11,13,15H,5-6H2,1-4H3. The van der Waals surface area contributed by atoms with E-state index in [0.717, 1.165) is 30.0 Å². The van der Waals surface area contributed by atoms with E-state index in [9.17, 15) is 5.11 Å². The Kier molecular flexibility index (Phi) is 2.80. The molecular weight excluding hydrogens is 204 g/mol. The molecule has 0 aromatic carbocycles. The van der Waals surface area contributed by atoms with Gasteiger partial charge in [-0.05, 0) is 20.3 Å². The van der Waals surface area contributed by atoms with Gasteiger partial charge in [0, 0.05) is 23.6 Å². The molecule has 2 atom stereocenters. The Morgan fingerprint density at radius 1 is 1.50 bits per heavy atom. The van der Waals surface area contributed by atoms with E-state index >= 15 is 0 Å². The second kappa shape index (κ2) is 3.86. The lowest BCUT2D eigenvalue weighted by molar-refractivity contribution is -0.0730. The summed E-state index contributed by atoms with van der Waals surface area (Å²) in [6.45, 7) is 8.83. The third-order valence-electron chi connectivity index (χ3n) is 3.92. The Labute approximate surface area is 96.0 Å². The summed E-state index contributed by atoms with van der Waals surface area (Å²) in [5, 5.41) is 17.0. The normalized spacial score (nSPS) is 27.8. The molecule has 0 aliphatic heterocycles. The number of nitrogens with one attached hydrogen (secondary N) is 1. The number of aliphatic hydroxyl groups excluding tert-OH is 1.